The number of hydrogen-bond donors (Lipinski definition) is 0. The van der Waals surface area contributed by atoms with Crippen molar-refractivity contribution in [3.63, 3.8) is 0 Å². The standard InChI is InChI=1S/C13H17BrO3/c1-4-16-10-6-7-11(13(14)9(3)15)12(8-10)17-5-2/h6-8,13H,4-5H2,1-3H3. The summed E-state index contributed by atoms with van der Waals surface area (Å²) < 4.78 is 10.9. The van der Waals surface area contributed by atoms with Gasteiger partial charge in [-0.1, -0.05) is 22.0 Å². The van der Waals surface area contributed by atoms with E-state index in [1.54, 1.807) is 6.92 Å². The van der Waals surface area contributed by atoms with Gasteiger partial charge in [0.2, 0.25) is 0 Å². The van der Waals surface area contributed by atoms with Crippen LogP contribution in [-0.2, 0) is 4.79 Å². The van der Waals surface area contributed by atoms with Crippen LogP contribution in [0.25, 0.3) is 0 Å². The lowest BCUT2D eigenvalue weighted by Gasteiger charge is -2.14. The molecule has 0 aliphatic rings. The summed E-state index contributed by atoms with van der Waals surface area (Å²) in [5, 5.41) is 0. The fraction of sp³-hybridized carbons (Fsp3) is 0.462. The van der Waals surface area contributed by atoms with E-state index in [-0.39, 0.29) is 10.6 Å². The van der Waals surface area contributed by atoms with Gasteiger partial charge in [0.1, 0.15) is 22.1 Å². The monoisotopic (exact) mass is 300 g/mol. The van der Waals surface area contributed by atoms with Crippen molar-refractivity contribution >= 4 is 21.7 Å². The van der Waals surface area contributed by atoms with Crippen LogP contribution in [0.5, 0.6) is 11.5 Å². The molecule has 0 aromatic heterocycles. The van der Waals surface area contributed by atoms with Crippen LogP contribution in [0.1, 0.15) is 31.2 Å². The third-order valence-corrected chi connectivity index (χ3v) is 3.36. The van der Waals surface area contributed by atoms with Crippen LogP contribution >= 0.6 is 15.9 Å². The van der Waals surface area contributed by atoms with Crippen molar-refractivity contribution in [2.24, 2.45) is 0 Å². The maximum absolute atomic E-state index is 11.4. The van der Waals surface area contributed by atoms with E-state index >= 15 is 0 Å². The SMILES string of the molecule is CCOc1ccc(C(Br)C(C)=O)c(OCC)c1. The molecule has 94 valence electrons. The van der Waals surface area contributed by atoms with Crippen molar-refractivity contribution in [2.75, 3.05) is 13.2 Å². The molecule has 0 heterocycles. The number of carbonyl (C=O) groups excluding carboxylic acids is 1. The molecule has 3 nitrogen and oxygen atoms in total. The smallest absolute Gasteiger partial charge is 0.147 e. The van der Waals surface area contributed by atoms with Crippen LogP contribution in [-0.4, -0.2) is 19.0 Å². The summed E-state index contributed by atoms with van der Waals surface area (Å²) >= 11 is 3.36. The Morgan fingerprint density at radius 3 is 2.47 bits per heavy atom. The normalized spacial score (nSPS) is 12.0. The summed E-state index contributed by atoms with van der Waals surface area (Å²) in [6.07, 6.45) is 0. The number of rotatable bonds is 6. The number of Topliss-reactive ketones (excluding diaryl/α,β-unsaturated/α-hetero) is 1. The molecule has 0 aliphatic carbocycles. The molecule has 1 atom stereocenters. The maximum Gasteiger partial charge on any atom is 0.147 e. The van der Waals surface area contributed by atoms with Gasteiger partial charge in [-0.15, -0.1) is 0 Å². The fourth-order valence-electron chi connectivity index (χ4n) is 1.48. The van der Waals surface area contributed by atoms with Gasteiger partial charge in [0.05, 0.1) is 13.2 Å². The number of hydrogen-bond acceptors (Lipinski definition) is 3. The molecule has 0 fully saturated rings. The van der Waals surface area contributed by atoms with Gasteiger partial charge in [0.15, 0.2) is 0 Å². The van der Waals surface area contributed by atoms with E-state index in [0.717, 1.165) is 11.3 Å². The minimum atomic E-state index is -0.334. The van der Waals surface area contributed by atoms with Crippen molar-refractivity contribution in [1.29, 1.82) is 0 Å². The van der Waals surface area contributed by atoms with Gasteiger partial charge in [-0.05, 0) is 26.8 Å². The molecule has 0 saturated heterocycles. The highest BCUT2D eigenvalue weighted by atomic mass is 79.9. The molecule has 17 heavy (non-hydrogen) atoms. The van der Waals surface area contributed by atoms with E-state index in [0.29, 0.717) is 19.0 Å². The van der Waals surface area contributed by atoms with Crippen molar-refractivity contribution in [1.82, 2.24) is 0 Å². The first-order valence-corrected chi connectivity index (χ1v) is 6.55. The molecular formula is C13H17BrO3. The second kappa shape index (κ2) is 6.64. The van der Waals surface area contributed by atoms with Gasteiger partial charge in [-0.3, -0.25) is 4.79 Å². The van der Waals surface area contributed by atoms with Crippen molar-refractivity contribution in [3.05, 3.63) is 23.8 Å². The first kappa shape index (κ1) is 14.0. The highest BCUT2D eigenvalue weighted by Crippen LogP contribution is 2.34. The van der Waals surface area contributed by atoms with Gasteiger partial charge in [0, 0.05) is 11.6 Å². The first-order valence-electron chi connectivity index (χ1n) is 5.64. The lowest BCUT2D eigenvalue weighted by Crippen LogP contribution is -2.05. The predicted molar refractivity (Wildman–Crippen MR) is 71.1 cm³/mol. The van der Waals surface area contributed by atoms with Gasteiger partial charge in [0.25, 0.3) is 0 Å². The minimum Gasteiger partial charge on any atom is -0.494 e. The number of ether oxygens (including phenoxy) is 2. The average molecular weight is 301 g/mol. The molecule has 1 aromatic rings. The number of benzene rings is 1. The zero-order valence-corrected chi connectivity index (χ0v) is 11.9. The number of carbonyl (C=O) groups is 1. The highest BCUT2D eigenvalue weighted by molar-refractivity contribution is 9.09. The first-order chi connectivity index (χ1) is 8.10. The molecule has 1 unspecified atom stereocenters. The largest absolute Gasteiger partial charge is 0.494 e. The second-order valence-corrected chi connectivity index (χ2v) is 4.45. The Hall–Kier alpha value is -1.03. The molecule has 0 radical (unpaired) electrons. The molecule has 4 heteroatoms. The Bertz CT molecular complexity index is 390. The van der Waals surface area contributed by atoms with E-state index in [4.69, 9.17) is 9.47 Å². The van der Waals surface area contributed by atoms with Crippen LogP contribution in [0.2, 0.25) is 0 Å². The van der Waals surface area contributed by atoms with E-state index in [2.05, 4.69) is 15.9 Å². The Morgan fingerprint density at radius 1 is 1.29 bits per heavy atom. The third kappa shape index (κ3) is 3.73. The molecule has 0 amide bonds. The summed E-state index contributed by atoms with van der Waals surface area (Å²) in [6.45, 7) is 6.55. The lowest BCUT2D eigenvalue weighted by molar-refractivity contribution is -0.116. The summed E-state index contributed by atoms with van der Waals surface area (Å²) in [5.41, 5.74) is 0.836. The van der Waals surface area contributed by atoms with Crippen molar-refractivity contribution < 1.29 is 14.3 Å². The topological polar surface area (TPSA) is 35.5 Å². The van der Waals surface area contributed by atoms with Gasteiger partial charge < -0.3 is 9.47 Å². The number of ketones is 1. The van der Waals surface area contributed by atoms with Crippen LogP contribution in [0.3, 0.4) is 0 Å². The Morgan fingerprint density at radius 2 is 1.94 bits per heavy atom. The van der Waals surface area contributed by atoms with Gasteiger partial charge >= 0.3 is 0 Å². The Kier molecular flexibility index (Phi) is 5.48. The Labute approximate surface area is 110 Å². The van der Waals surface area contributed by atoms with E-state index in [1.807, 2.05) is 32.0 Å². The predicted octanol–water partition coefficient (Wildman–Crippen LogP) is 3.51. The molecule has 0 bridgehead atoms. The summed E-state index contributed by atoms with van der Waals surface area (Å²) in [4.78, 5) is 11.0. The lowest BCUT2D eigenvalue weighted by atomic mass is 10.1. The zero-order chi connectivity index (χ0) is 12.8. The molecule has 1 aromatic carbocycles. The quantitative estimate of drug-likeness (QED) is 0.754. The van der Waals surface area contributed by atoms with Crippen LogP contribution in [0.4, 0.5) is 0 Å². The van der Waals surface area contributed by atoms with Crippen molar-refractivity contribution in [3.8, 4) is 11.5 Å². The maximum atomic E-state index is 11.4. The summed E-state index contributed by atoms with van der Waals surface area (Å²) in [5.74, 6) is 1.49. The zero-order valence-electron chi connectivity index (χ0n) is 10.3. The molecule has 1 rings (SSSR count). The van der Waals surface area contributed by atoms with E-state index < -0.39 is 0 Å². The molecule has 0 N–H and O–H groups in total. The minimum absolute atomic E-state index is 0.0510. The van der Waals surface area contributed by atoms with E-state index in [9.17, 15) is 4.79 Å². The summed E-state index contributed by atoms with van der Waals surface area (Å²) in [6, 6.07) is 5.52. The van der Waals surface area contributed by atoms with Gasteiger partial charge in [-0.25, -0.2) is 0 Å². The van der Waals surface area contributed by atoms with Crippen LogP contribution < -0.4 is 9.47 Å². The second-order valence-electron chi connectivity index (χ2n) is 3.54. The van der Waals surface area contributed by atoms with Crippen LogP contribution in [0, 0.1) is 0 Å². The molecular weight excluding hydrogens is 284 g/mol. The fourth-order valence-corrected chi connectivity index (χ4v) is 1.86. The van der Waals surface area contributed by atoms with E-state index in [1.165, 1.54) is 0 Å². The van der Waals surface area contributed by atoms with Crippen molar-refractivity contribution in [2.45, 2.75) is 25.6 Å². The van der Waals surface area contributed by atoms with Crippen LogP contribution in [0.15, 0.2) is 18.2 Å². The number of halogens is 1. The molecule has 0 saturated carbocycles. The Balaban J connectivity index is 3.07. The van der Waals surface area contributed by atoms with Gasteiger partial charge in [-0.2, -0.15) is 0 Å². The summed E-state index contributed by atoms with van der Waals surface area (Å²) in [7, 11) is 0. The number of alkyl halides is 1. The molecule has 0 spiro atoms. The average Bonchev–Trinajstić information content (AvgIpc) is 2.29. The highest BCUT2D eigenvalue weighted by Gasteiger charge is 2.18. The molecule has 0 aliphatic heterocycles. The third-order valence-electron chi connectivity index (χ3n) is 2.23.